The highest BCUT2D eigenvalue weighted by Gasteiger charge is 2.30. The number of ether oxygens (including phenoxy) is 1. The van der Waals surface area contributed by atoms with Crippen LogP contribution in [0.1, 0.15) is 15.9 Å². The van der Waals surface area contributed by atoms with Gasteiger partial charge in [-0.05, 0) is 48.5 Å². The summed E-state index contributed by atoms with van der Waals surface area (Å²) in [4.78, 5) is 15.8. The first kappa shape index (κ1) is 20.0. The first-order valence-electron chi connectivity index (χ1n) is 7.80. The monoisotopic (exact) mass is 426 g/mol. The summed E-state index contributed by atoms with van der Waals surface area (Å²) in [5.74, 6) is -0.225. The molecule has 4 nitrogen and oxygen atoms in total. The fraction of sp³-hybridized carbons (Fsp3) is 0.0526. The quantitative estimate of drug-likeness (QED) is 0.521. The van der Waals surface area contributed by atoms with Gasteiger partial charge in [-0.2, -0.15) is 13.2 Å². The molecule has 28 heavy (non-hydrogen) atoms. The lowest BCUT2D eigenvalue weighted by molar-refractivity contribution is -0.137. The van der Waals surface area contributed by atoms with E-state index in [-0.39, 0.29) is 22.6 Å². The third-order valence-electron chi connectivity index (χ3n) is 3.57. The van der Waals surface area contributed by atoms with E-state index in [1.165, 1.54) is 12.1 Å². The number of carbonyl (C=O) groups is 1. The number of hydrogen-bond acceptors (Lipinski definition) is 3. The molecule has 0 aliphatic heterocycles. The van der Waals surface area contributed by atoms with Crippen LogP contribution in [0.15, 0.2) is 60.8 Å². The Morgan fingerprint density at radius 1 is 1.00 bits per heavy atom. The van der Waals surface area contributed by atoms with E-state index in [9.17, 15) is 18.0 Å². The summed E-state index contributed by atoms with van der Waals surface area (Å²) in [5, 5.41) is 3.33. The van der Waals surface area contributed by atoms with Gasteiger partial charge in [-0.1, -0.05) is 23.2 Å². The second-order valence-corrected chi connectivity index (χ2v) is 6.43. The van der Waals surface area contributed by atoms with Gasteiger partial charge in [0.2, 0.25) is 5.88 Å². The van der Waals surface area contributed by atoms with E-state index in [2.05, 4.69) is 10.3 Å². The van der Waals surface area contributed by atoms with Crippen LogP contribution in [0.3, 0.4) is 0 Å². The summed E-state index contributed by atoms with van der Waals surface area (Å²) >= 11 is 11.9. The topological polar surface area (TPSA) is 51.2 Å². The number of hydrogen-bond donors (Lipinski definition) is 1. The molecule has 1 aromatic heterocycles. The molecule has 0 saturated heterocycles. The Bertz CT molecular complexity index is 992. The molecule has 2 aromatic carbocycles. The molecular weight excluding hydrogens is 416 g/mol. The number of rotatable bonds is 4. The van der Waals surface area contributed by atoms with Gasteiger partial charge < -0.3 is 10.1 Å². The fourth-order valence-electron chi connectivity index (χ4n) is 2.19. The zero-order chi connectivity index (χ0) is 20.3. The molecule has 0 atom stereocenters. The summed E-state index contributed by atoms with van der Waals surface area (Å²) in [6, 6.07) is 12.8. The number of nitrogens with zero attached hydrogens (tertiary/aromatic N) is 1. The minimum absolute atomic E-state index is 0.0483. The second-order valence-electron chi connectivity index (χ2n) is 5.59. The maximum Gasteiger partial charge on any atom is 0.417 e. The Labute approximate surface area is 167 Å². The fourth-order valence-corrected chi connectivity index (χ4v) is 2.53. The van der Waals surface area contributed by atoms with Gasteiger partial charge in [-0.3, -0.25) is 4.79 Å². The number of carbonyl (C=O) groups excluding carboxylic acids is 1. The maximum atomic E-state index is 12.6. The lowest BCUT2D eigenvalue weighted by Crippen LogP contribution is -2.11. The van der Waals surface area contributed by atoms with Crippen LogP contribution in [0.5, 0.6) is 11.6 Å². The molecule has 1 amide bonds. The lowest BCUT2D eigenvalue weighted by Gasteiger charge is -2.11. The Kier molecular flexibility index (Phi) is 5.76. The molecule has 0 fully saturated rings. The van der Waals surface area contributed by atoms with Gasteiger partial charge in [-0.15, -0.1) is 0 Å². The van der Waals surface area contributed by atoms with Crippen LogP contribution in [0, 0.1) is 0 Å². The SMILES string of the molecule is O=C(Nc1ccc(Oc2ccc(C(F)(F)F)cn2)c(Cl)c1)c1ccc(Cl)cc1. The molecule has 1 N–H and O–H groups in total. The van der Waals surface area contributed by atoms with Gasteiger partial charge in [0.25, 0.3) is 5.91 Å². The Balaban J connectivity index is 1.70. The molecule has 144 valence electrons. The van der Waals surface area contributed by atoms with Crippen LogP contribution >= 0.6 is 23.2 Å². The highest BCUT2D eigenvalue weighted by molar-refractivity contribution is 6.32. The Morgan fingerprint density at radius 2 is 1.71 bits per heavy atom. The molecule has 9 heteroatoms. The van der Waals surface area contributed by atoms with Crippen LogP contribution in [0.2, 0.25) is 10.0 Å². The number of aromatic nitrogens is 1. The van der Waals surface area contributed by atoms with Gasteiger partial charge in [-0.25, -0.2) is 4.98 Å². The standard InChI is InChI=1S/C19H11Cl2F3N2O2/c20-13-4-1-11(2-5-13)18(27)26-14-6-7-16(15(21)9-14)28-17-8-3-12(10-25-17)19(22,23)24/h1-10H,(H,26,27). The average Bonchev–Trinajstić information content (AvgIpc) is 2.64. The number of nitrogens with one attached hydrogen (secondary N) is 1. The molecule has 0 aliphatic carbocycles. The van der Waals surface area contributed by atoms with E-state index in [4.69, 9.17) is 27.9 Å². The van der Waals surface area contributed by atoms with Gasteiger partial charge in [0.1, 0.15) is 5.75 Å². The van der Waals surface area contributed by atoms with E-state index < -0.39 is 11.7 Å². The molecule has 0 aliphatic rings. The lowest BCUT2D eigenvalue weighted by atomic mass is 10.2. The van der Waals surface area contributed by atoms with E-state index in [1.54, 1.807) is 30.3 Å². The van der Waals surface area contributed by atoms with Crippen LogP contribution < -0.4 is 10.1 Å². The largest absolute Gasteiger partial charge is 0.437 e. The van der Waals surface area contributed by atoms with Crippen LogP contribution in [-0.4, -0.2) is 10.9 Å². The second kappa shape index (κ2) is 8.08. The predicted molar refractivity (Wildman–Crippen MR) is 100 cm³/mol. The van der Waals surface area contributed by atoms with Crippen molar-refractivity contribution in [2.24, 2.45) is 0 Å². The zero-order valence-corrected chi connectivity index (χ0v) is 15.4. The molecule has 1 heterocycles. The highest BCUT2D eigenvalue weighted by Crippen LogP contribution is 2.33. The molecular formula is C19H11Cl2F3N2O2. The van der Waals surface area contributed by atoms with Gasteiger partial charge in [0, 0.05) is 28.5 Å². The molecule has 3 rings (SSSR count). The first-order chi connectivity index (χ1) is 13.2. The number of halogens is 5. The first-order valence-corrected chi connectivity index (χ1v) is 8.55. The number of amides is 1. The summed E-state index contributed by atoms with van der Waals surface area (Å²) in [7, 11) is 0. The van der Waals surface area contributed by atoms with Crippen molar-refractivity contribution in [2.45, 2.75) is 6.18 Å². The summed E-state index contributed by atoms with van der Waals surface area (Å²) in [6.45, 7) is 0. The van der Waals surface area contributed by atoms with Crippen molar-refractivity contribution in [1.29, 1.82) is 0 Å². The van der Waals surface area contributed by atoms with Gasteiger partial charge in [0.15, 0.2) is 0 Å². The average molecular weight is 427 g/mol. The summed E-state index contributed by atoms with van der Waals surface area (Å²) in [6.07, 6.45) is -3.81. The number of anilines is 1. The zero-order valence-electron chi connectivity index (χ0n) is 13.9. The molecule has 0 saturated carbocycles. The maximum absolute atomic E-state index is 12.6. The Hall–Kier alpha value is -2.77. The van der Waals surface area contributed by atoms with E-state index >= 15 is 0 Å². The minimum Gasteiger partial charge on any atom is -0.437 e. The predicted octanol–water partition coefficient (Wildman–Crippen LogP) is 6.45. The number of pyridine rings is 1. The van der Waals surface area contributed by atoms with Crippen molar-refractivity contribution in [3.63, 3.8) is 0 Å². The third kappa shape index (κ3) is 4.94. The smallest absolute Gasteiger partial charge is 0.417 e. The number of alkyl halides is 3. The van der Waals surface area contributed by atoms with Crippen LogP contribution in [-0.2, 0) is 6.18 Å². The summed E-state index contributed by atoms with van der Waals surface area (Å²) in [5.41, 5.74) is -0.0568. The van der Waals surface area contributed by atoms with Crippen LogP contribution in [0.4, 0.5) is 18.9 Å². The van der Waals surface area contributed by atoms with Crippen molar-refractivity contribution in [1.82, 2.24) is 4.98 Å². The summed E-state index contributed by atoms with van der Waals surface area (Å²) < 4.78 is 43.1. The highest BCUT2D eigenvalue weighted by atomic mass is 35.5. The molecule has 0 unspecified atom stereocenters. The Morgan fingerprint density at radius 3 is 2.29 bits per heavy atom. The molecule has 0 radical (unpaired) electrons. The van der Waals surface area contributed by atoms with Gasteiger partial charge >= 0.3 is 6.18 Å². The van der Waals surface area contributed by atoms with Crippen molar-refractivity contribution in [3.8, 4) is 11.6 Å². The molecule has 0 spiro atoms. The van der Waals surface area contributed by atoms with E-state index in [1.807, 2.05) is 0 Å². The van der Waals surface area contributed by atoms with Crippen molar-refractivity contribution >= 4 is 34.8 Å². The van der Waals surface area contributed by atoms with Crippen molar-refractivity contribution in [3.05, 3.63) is 82.0 Å². The van der Waals surface area contributed by atoms with E-state index in [0.29, 0.717) is 22.5 Å². The van der Waals surface area contributed by atoms with Crippen molar-refractivity contribution < 1.29 is 22.7 Å². The third-order valence-corrected chi connectivity index (χ3v) is 4.12. The molecule has 3 aromatic rings. The van der Waals surface area contributed by atoms with Crippen LogP contribution in [0.25, 0.3) is 0 Å². The van der Waals surface area contributed by atoms with Gasteiger partial charge in [0.05, 0.1) is 10.6 Å². The molecule has 0 bridgehead atoms. The van der Waals surface area contributed by atoms with E-state index in [0.717, 1.165) is 12.1 Å². The normalized spacial score (nSPS) is 11.2. The number of benzene rings is 2. The minimum atomic E-state index is -4.48. The van der Waals surface area contributed by atoms with Crippen molar-refractivity contribution in [2.75, 3.05) is 5.32 Å².